The molecule has 0 aliphatic heterocycles. The Labute approximate surface area is 86.2 Å². The third-order valence-electron chi connectivity index (χ3n) is 2.28. The Balaban J connectivity index is 2.64. The number of benzene rings is 1. The topological polar surface area (TPSA) is 23.5 Å². The van der Waals surface area contributed by atoms with Crippen LogP contribution in [0.3, 0.4) is 0 Å². The SMILES string of the molecule is C[C@H](O)CCc1cccc(N(C)C)c1. The molecule has 0 unspecified atom stereocenters. The van der Waals surface area contributed by atoms with Crippen molar-refractivity contribution in [1.29, 1.82) is 0 Å². The maximum atomic E-state index is 9.18. The number of hydrogen-bond acceptors (Lipinski definition) is 2. The first kappa shape index (κ1) is 11.1. The smallest absolute Gasteiger partial charge is 0.0515 e. The van der Waals surface area contributed by atoms with Crippen molar-refractivity contribution in [2.75, 3.05) is 19.0 Å². The van der Waals surface area contributed by atoms with Gasteiger partial charge in [0.2, 0.25) is 0 Å². The van der Waals surface area contributed by atoms with Gasteiger partial charge in [-0.25, -0.2) is 0 Å². The summed E-state index contributed by atoms with van der Waals surface area (Å²) in [6.07, 6.45) is 1.56. The Bertz CT molecular complexity index is 281. The average molecular weight is 193 g/mol. The molecule has 0 aliphatic rings. The zero-order valence-electron chi connectivity index (χ0n) is 9.20. The van der Waals surface area contributed by atoms with Crippen LogP contribution in [0.15, 0.2) is 24.3 Å². The van der Waals surface area contributed by atoms with E-state index in [1.165, 1.54) is 11.3 Å². The Morgan fingerprint density at radius 3 is 2.64 bits per heavy atom. The van der Waals surface area contributed by atoms with Crippen LogP contribution in [-0.4, -0.2) is 25.3 Å². The number of hydrogen-bond donors (Lipinski definition) is 1. The fourth-order valence-corrected chi connectivity index (χ4v) is 1.37. The van der Waals surface area contributed by atoms with Gasteiger partial charge in [-0.15, -0.1) is 0 Å². The molecule has 2 heteroatoms. The monoisotopic (exact) mass is 193 g/mol. The summed E-state index contributed by atoms with van der Waals surface area (Å²) in [5.41, 5.74) is 2.50. The normalized spacial score (nSPS) is 12.6. The Morgan fingerprint density at radius 2 is 2.07 bits per heavy atom. The van der Waals surface area contributed by atoms with Gasteiger partial charge >= 0.3 is 0 Å². The molecule has 0 heterocycles. The van der Waals surface area contributed by atoms with Crippen molar-refractivity contribution in [1.82, 2.24) is 0 Å². The molecule has 0 aliphatic carbocycles. The first-order chi connectivity index (χ1) is 6.59. The fourth-order valence-electron chi connectivity index (χ4n) is 1.37. The third-order valence-corrected chi connectivity index (χ3v) is 2.28. The van der Waals surface area contributed by atoms with Gasteiger partial charge in [-0.2, -0.15) is 0 Å². The lowest BCUT2D eigenvalue weighted by Gasteiger charge is -2.13. The minimum Gasteiger partial charge on any atom is -0.393 e. The molecule has 0 aromatic heterocycles. The molecule has 1 aromatic rings. The second kappa shape index (κ2) is 5.01. The van der Waals surface area contributed by atoms with E-state index in [-0.39, 0.29) is 6.10 Å². The van der Waals surface area contributed by atoms with E-state index in [1.54, 1.807) is 0 Å². The van der Waals surface area contributed by atoms with Crippen LogP contribution in [0.25, 0.3) is 0 Å². The molecule has 0 bridgehead atoms. The van der Waals surface area contributed by atoms with Crippen LogP contribution in [0, 0.1) is 0 Å². The third kappa shape index (κ3) is 3.38. The number of rotatable bonds is 4. The number of aliphatic hydroxyl groups excluding tert-OH is 1. The molecule has 0 saturated carbocycles. The molecule has 1 atom stereocenters. The van der Waals surface area contributed by atoms with E-state index in [0.29, 0.717) is 0 Å². The van der Waals surface area contributed by atoms with E-state index in [0.717, 1.165) is 12.8 Å². The van der Waals surface area contributed by atoms with Crippen LogP contribution >= 0.6 is 0 Å². The lowest BCUT2D eigenvalue weighted by atomic mass is 10.1. The van der Waals surface area contributed by atoms with Crippen molar-refractivity contribution in [2.45, 2.75) is 25.9 Å². The summed E-state index contributed by atoms with van der Waals surface area (Å²) < 4.78 is 0. The highest BCUT2D eigenvalue weighted by atomic mass is 16.3. The highest BCUT2D eigenvalue weighted by molar-refractivity contribution is 5.47. The molecule has 0 fully saturated rings. The molecule has 1 N–H and O–H groups in total. The summed E-state index contributed by atoms with van der Waals surface area (Å²) >= 11 is 0. The Morgan fingerprint density at radius 1 is 1.36 bits per heavy atom. The first-order valence-corrected chi connectivity index (χ1v) is 5.04. The number of aryl methyl sites for hydroxylation is 1. The second-order valence-corrected chi connectivity index (χ2v) is 3.95. The van der Waals surface area contributed by atoms with E-state index in [9.17, 15) is 5.11 Å². The van der Waals surface area contributed by atoms with Gasteiger partial charge in [0, 0.05) is 19.8 Å². The lowest BCUT2D eigenvalue weighted by molar-refractivity contribution is 0.185. The van der Waals surface area contributed by atoms with E-state index in [1.807, 2.05) is 21.0 Å². The molecule has 14 heavy (non-hydrogen) atoms. The molecule has 1 rings (SSSR count). The first-order valence-electron chi connectivity index (χ1n) is 5.04. The van der Waals surface area contributed by atoms with Gasteiger partial charge < -0.3 is 10.0 Å². The minimum atomic E-state index is -0.210. The van der Waals surface area contributed by atoms with Gasteiger partial charge in [0.1, 0.15) is 0 Å². The van der Waals surface area contributed by atoms with E-state index in [4.69, 9.17) is 0 Å². The molecule has 0 radical (unpaired) electrons. The number of nitrogens with zero attached hydrogens (tertiary/aromatic N) is 1. The molecule has 0 spiro atoms. The van der Waals surface area contributed by atoms with Crippen LogP contribution in [0.5, 0.6) is 0 Å². The van der Waals surface area contributed by atoms with E-state index < -0.39 is 0 Å². The van der Waals surface area contributed by atoms with Gasteiger partial charge in [-0.3, -0.25) is 0 Å². The molecule has 0 saturated heterocycles. The molecular formula is C12H19NO. The quantitative estimate of drug-likeness (QED) is 0.791. The summed E-state index contributed by atoms with van der Waals surface area (Å²) in [5, 5.41) is 9.18. The van der Waals surface area contributed by atoms with Crippen LogP contribution in [0.4, 0.5) is 5.69 Å². The number of anilines is 1. The van der Waals surface area contributed by atoms with Gasteiger partial charge in [-0.1, -0.05) is 12.1 Å². The van der Waals surface area contributed by atoms with Crippen LogP contribution < -0.4 is 4.90 Å². The predicted octanol–water partition coefficient (Wildman–Crippen LogP) is 2.07. The van der Waals surface area contributed by atoms with E-state index >= 15 is 0 Å². The standard InChI is InChI=1S/C12H19NO/c1-10(14)7-8-11-5-4-6-12(9-11)13(2)3/h4-6,9-10,14H,7-8H2,1-3H3/t10-/m0/s1. The Kier molecular flexibility index (Phi) is 3.96. The van der Waals surface area contributed by atoms with Crippen molar-refractivity contribution in [3.05, 3.63) is 29.8 Å². The average Bonchev–Trinajstić information content (AvgIpc) is 2.15. The molecule has 2 nitrogen and oxygen atoms in total. The Hall–Kier alpha value is -1.02. The van der Waals surface area contributed by atoms with Crippen LogP contribution in [-0.2, 0) is 6.42 Å². The number of aliphatic hydroxyl groups is 1. The van der Waals surface area contributed by atoms with Crippen molar-refractivity contribution in [2.24, 2.45) is 0 Å². The zero-order valence-corrected chi connectivity index (χ0v) is 9.20. The maximum Gasteiger partial charge on any atom is 0.0515 e. The van der Waals surface area contributed by atoms with Gasteiger partial charge in [0.25, 0.3) is 0 Å². The summed E-state index contributed by atoms with van der Waals surface area (Å²) in [4.78, 5) is 2.09. The van der Waals surface area contributed by atoms with Crippen molar-refractivity contribution < 1.29 is 5.11 Å². The molecule has 1 aromatic carbocycles. The zero-order chi connectivity index (χ0) is 10.6. The van der Waals surface area contributed by atoms with Crippen LogP contribution in [0.2, 0.25) is 0 Å². The fraction of sp³-hybridized carbons (Fsp3) is 0.500. The second-order valence-electron chi connectivity index (χ2n) is 3.95. The van der Waals surface area contributed by atoms with E-state index in [2.05, 4.69) is 29.2 Å². The summed E-state index contributed by atoms with van der Waals surface area (Å²) in [5.74, 6) is 0. The molecular weight excluding hydrogens is 174 g/mol. The summed E-state index contributed by atoms with van der Waals surface area (Å²) in [6.45, 7) is 1.83. The summed E-state index contributed by atoms with van der Waals surface area (Å²) in [7, 11) is 4.07. The van der Waals surface area contributed by atoms with Gasteiger partial charge in [0.05, 0.1) is 6.10 Å². The molecule has 78 valence electrons. The largest absolute Gasteiger partial charge is 0.393 e. The van der Waals surface area contributed by atoms with Crippen LogP contribution in [0.1, 0.15) is 18.9 Å². The molecule has 0 amide bonds. The predicted molar refractivity (Wildman–Crippen MR) is 60.8 cm³/mol. The van der Waals surface area contributed by atoms with Crippen molar-refractivity contribution in [3.8, 4) is 0 Å². The van der Waals surface area contributed by atoms with Gasteiger partial charge in [-0.05, 0) is 37.5 Å². The minimum absolute atomic E-state index is 0.210. The highest BCUT2D eigenvalue weighted by Gasteiger charge is 2.00. The highest BCUT2D eigenvalue weighted by Crippen LogP contribution is 2.15. The maximum absolute atomic E-state index is 9.18. The lowest BCUT2D eigenvalue weighted by Crippen LogP contribution is -2.09. The van der Waals surface area contributed by atoms with Crippen molar-refractivity contribution >= 4 is 5.69 Å². The van der Waals surface area contributed by atoms with Gasteiger partial charge in [0.15, 0.2) is 0 Å². The summed E-state index contributed by atoms with van der Waals surface area (Å²) in [6, 6.07) is 8.43. The van der Waals surface area contributed by atoms with Crippen molar-refractivity contribution in [3.63, 3.8) is 0 Å².